The molecule has 2 aromatic heterocycles. The molecule has 0 bridgehead atoms. The van der Waals surface area contributed by atoms with Crippen LogP contribution in [-0.2, 0) is 6.54 Å². The quantitative estimate of drug-likeness (QED) is 0.881. The second kappa shape index (κ2) is 6.84. The highest BCUT2D eigenvalue weighted by molar-refractivity contribution is 7.19. The van der Waals surface area contributed by atoms with Gasteiger partial charge in [-0.15, -0.1) is 11.3 Å². The number of nitrogens with zero attached hydrogens (tertiary/aromatic N) is 2. The van der Waals surface area contributed by atoms with Gasteiger partial charge in [-0.2, -0.15) is 5.10 Å². The Kier molecular flexibility index (Phi) is 4.84. The first-order valence-corrected chi connectivity index (χ1v) is 9.01. The molecule has 22 heavy (non-hydrogen) atoms. The molecule has 3 rings (SSSR count). The van der Waals surface area contributed by atoms with Crippen molar-refractivity contribution in [3.05, 3.63) is 28.2 Å². The van der Waals surface area contributed by atoms with Gasteiger partial charge < -0.3 is 5.32 Å². The highest BCUT2D eigenvalue weighted by atomic mass is 35.5. The lowest BCUT2D eigenvalue weighted by molar-refractivity contribution is 0.0926. The third-order valence-electron chi connectivity index (χ3n) is 3.96. The zero-order valence-electron chi connectivity index (χ0n) is 12.6. The molecule has 0 saturated heterocycles. The summed E-state index contributed by atoms with van der Waals surface area (Å²) in [6.07, 6.45) is 5.52. The van der Waals surface area contributed by atoms with Crippen molar-refractivity contribution in [1.82, 2.24) is 15.1 Å². The Morgan fingerprint density at radius 3 is 2.86 bits per heavy atom. The van der Waals surface area contributed by atoms with Gasteiger partial charge in [0, 0.05) is 12.6 Å². The summed E-state index contributed by atoms with van der Waals surface area (Å²) >= 11 is 7.48. The fraction of sp³-hybridized carbons (Fsp3) is 0.500. The Bertz CT molecular complexity index is 658. The lowest BCUT2D eigenvalue weighted by Crippen LogP contribution is -2.34. The molecule has 1 aliphatic carbocycles. The number of carbonyl (C=O) groups is 1. The fourth-order valence-corrected chi connectivity index (χ4v) is 3.88. The lowest BCUT2D eigenvalue weighted by atomic mass is 10.2. The van der Waals surface area contributed by atoms with Crippen LogP contribution < -0.4 is 5.32 Å². The van der Waals surface area contributed by atoms with Gasteiger partial charge in [-0.05, 0) is 37.5 Å². The first-order valence-electron chi connectivity index (χ1n) is 7.82. The van der Waals surface area contributed by atoms with E-state index in [-0.39, 0.29) is 5.91 Å². The van der Waals surface area contributed by atoms with Crippen LogP contribution in [0.1, 0.15) is 49.5 Å². The van der Waals surface area contributed by atoms with E-state index >= 15 is 0 Å². The molecular formula is C16H20ClN3OS. The largest absolute Gasteiger partial charge is 0.348 e. The van der Waals surface area contributed by atoms with E-state index in [9.17, 15) is 4.79 Å². The van der Waals surface area contributed by atoms with Gasteiger partial charge in [-0.25, -0.2) is 0 Å². The molecule has 1 fully saturated rings. The first-order chi connectivity index (χ1) is 10.7. The smallest absolute Gasteiger partial charge is 0.269 e. The molecule has 0 aliphatic heterocycles. The summed E-state index contributed by atoms with van der Waals surface area (Å²) in [6.45, 7) is 2.83. The SMILES string of the molecule is CCCn1nc(-c2ccc(Cl)s2)cc1C(=O)NC1CCCC1. The minimum atomic E-state index is -0.0123. The molecule has 2 heterocycles. The van der Waals surface area contributed by atoms with E-state index in [1.54, 1.807) is 0 Å². The second-order valence-electron chi connectivity index (χ2n) is 5.70. The third-order valence-corrected chi connectivity index (χ3v) is 5.22. The van der Waals surface area contributed by atoms with Crippen molar-refractivity contribution in [2.75, 3.05) is 0 Å². The molecule has 4 nitrogen and oxygen atoms in total. The highest BCUT2D eigenvalue weighted by Crippen LogP contribution is 2.30. The molecule has 1 amide bonds. The number of rotatable bonds is 5. The van der Waals surface area contributed by atoms with Crippen molar-refractivity contribution < 1.29 is 4.79 Å². The highest BCUT2D eigenvalue weighted by Gasteiger charge is 2.21. The number of nitrogens with one attached hydrogen (secondary N) is 1. The van der Waals surface area contributed by atoms with E-state index in [4.69, 9.17) is 11.6 Å². The molecule has 1 N–H and O–H groups in total. The van der Waals surface area contributed by atoms with E-state index in [0.717, 1.165) is 40.7 Å². The van der Waals surface area contributed by atoms with Gasteiger partial charge in [-0.1, -0.05) is 31.4 Å². The number of hydrogen-bond acceptors (Lipinski definition) is 3. The Morgan fingerprint density at radius 2 is 2.23 bits per heavy atom. The van der Waals surface area contributed by atoms with E-state index < -0.39 is 0 Å². The molecule has 1 aliphatic rings. The topological polar surface area (TPSA) is 46.9 Å². The fourth-order valence-electron chi connectivity index (χ4n) is 2.88. The number of halogens is 1. The van der Waals surface area contributed by atoms with Crippen molar-refractivity contribution in [1.29, 1.82) is 0 Å². The Labute approximate surface area is 139 Å². The maximum Gasteiger partial charge on any atom is 0.269 e. The van der Waals surface area contributed by atoms with Gasteiger partial charge in [0.15, 0.2) is 0 Å². The van der Waals surface area contributed by atoms with Crippen molar-refractivity contribution in [2.45, 2.75) is 51.6 Å². The molecule has 0 aromatic carbocycles. The molecule has 0 radical (unpaired) electrons. The summed E-state index contributed by atoms with van der Waals surface area (Å²) in [5.41, 5.74) is 1.47. The molecule has 0 atom stereocenters. The lowest BCUT2D eigenvalue weighted by Gasteiger charge is -2.12. The number of aromatic nitrogens is 2. The number of amides is 1. The number of carbonyl (C=O) groups excluding carboxylic acids is 1. The third kappa shape index (κ3) is 3.36. The summed E-state index contributed by atoms with van der Waals surface area (Å²) in [4.78, 5) is 13.5. The molecule has 0 unspecified atom stereocenters. The predicted octanol–water partition coefficient (Wildman–Crippen LogP) is 4.35. The zero-order valence-corrected chi connectivity index (χ0v) is 14.2. The molecule has 0 spiro atoms. The minimum Gasteiger partial charge on any atom is -0.348 e. The van der Waals surface area contributed by atoms with Crippen LogP contribution in [0.5, 0.6) is 0 Å². The summed E-state index contributed by atoms with van der Waals surface area (Å²) in [5, 5.41) is 7.73. The average molecular weight is 338 g/mol. The Balaban J connectivity index is 1.84. The van der Waals surface area contributed by atoms with E-state index in [1.807, 2.05) is 22.9 Å². The summed E-state index contributed by atoms with van der Waals surface area (Å²) in [6, 6.07) is 6.00. The van der Waals surface area contributed by atoms with Crippen LogP contribution >= 0.6 is 22.9 Å². The van der Waals surface area contributed by atoms with Crippen molar-refractivity contribution in [3.8, 4) is 10.6 Å². The van der Waals surface area contributed by atoms with Crippen LogP contribution in [0.3, 0.4) is 0 Å². The van der Waals surface area contributed by atoms with Crippen LogP contribution in [0.25, 0.3) is 10.6 Å². The number of thiophene rings is 1. The standard InChI is InChI=1S/C16H20ClN3OS/c1-2-9-20-13(16(21)18-11-5-3-4-6-11)10-12(19-20)14-7-8-15(17)22-14/h7-8,10-11H,2-6,9H2,1H3,(H,18,21). The maximum absolute atomic E-state index is 12.6. The van der Waals surface area contributed by atoms with Gasteiger partial charge >= 0.3 is 0 Å². The normalized spacial score (nSPS) is 15.4. The molecule has 118 valence electrons. The van der Waals surface area contributed by atoms with Crippen LogP contribution in [0.2, 0.25) is 4.34 Å². The van der Waals surface area contributed by atoms with Crippen LogP contribution in [0.15, 0.2) is 18.2 Å². The zero-order chi connectivity index (χ0) is 15.5. The van der Waals surface area contributed by atoms with E-state index in [0.29, 0.717) is 11.7 Å². The van der Waals surface area contributed by atoms with Gasteiger partial charge in [0.2, 0.25) is 0 Å². The van der Waals surface area contributed by atoms with Crippen LogP contribution in [0, 0.1) is 0 Å². The number of hydrogen-bond donors (Lipinski definition) is 1. The maximum atomic E-state index is 12.6. The van der Waals surface area contributed by atoms with E-state index in [2.05, 4.69) is 17.3 Å². The Morgan fingerprint density at radius 1 is 1.45 bits per heavy atom. The van der Waals surface area contributed by atoms with Crippen LogP contribution in [0.4, 0.5) is 0 Å². The van der Waals surface area contributed by atoms with E-state index in [1.165, 1.54) is 24.2 Å². The average Bonchev–Trinajstić information content (AvgIpc) is 3.19. The summed E-state index contributed by atoms with van der Waals surface area (Å²) in [5.74, 6) is -0.0123. The van der Waals surface area contributed by atoms with Gasteiger partial charge in [0.25, 0.3) is 5.91 Å². The van der Waals surface area contributed by atoms with Crippen molar-refractivity contribution >= 4 is 28.8 Å². The second-order valence-corrected chi connectivity index (χ2v) is 7.41. The van der Waals surface area contributed by atoms with Crippen molar-refractivity contribution in [3.63, 3.8) is 0 Å². The number of aryl methyl sites for hydroxylation is 1. The predicted molar refractivity (Wildman–Crippen MR) is 90.6 cm³/mol. The van der Waals surface area contributed by atoms with Crippen molar-refractivity contribution in [2.24, 2.45) is 0 Å². The molecule has 2 aromatic rings. The summed E-state index contributed by atoms with van der Waals surface area (Å²) < 4.78 is 2.55. The monoisotopic (exact) mass is 337 g/mol. The minimum absolute atomic E-state index is 0.0123. The first kappa shape index (κ1) is 15.6. The van der Waals surface area contributed by atoms with Gasteiger partial charge in [-0.3, -0.25) is 9.48 Å². The Hall–Kier alpha value is -1.33. The summed E-state index contributed by atoms with van der Waals surface area (Å²) in [7, 11) is 0. The molecule has 6 heteroatoms. The van der Waals surface area contributed by atoms with Gasteiger partial charge in [0.1, 0.15) is 11.4 Å². The molecule has 1 saturated carbocycles. The van der Waals surface area contributed by atoms with Crippen LogP contribution in [-0.4, -0.2) is 21.7 Å². The van der Waals surface area contributed by atoms with Gasteiger partial charge in [0.05, 0.1) is 9.21 Å². The molecular weight excluding hydrogens is 318 g/mol.